The fraction of sp³-hybridized carbons (Fsp3) is 0.714. The molecule has 8 nitrogen and oxygen atoms in total. The van der Waals surface area contributed by atoms with Crippen LogP contribution < -0.4 is 0 Å². The van der Waals surface area contributed by atoms with Gasteiger partial charge in [0.1, 0.15) is 17.4 Å². The highest BCUT2D eigenvalue weighted by Gasteiger charge is 2.36. The second kappa shape index (κ2) is 7.20. The van der Waals surface area contributed by atoms with Gasteiger partial charge in [0.25, 0.3) is 5.22 Å². The number of hydrogen-bond acceptors (Lipinski definition) is 8. The molecule has 1 aromatic heterocycles. The van der Waals surface area contributed by atoms with Crippen molar-refractivity contribution < 1.29 is 23.5 Å². The maximum atomic E-state index is 12.3. The zero-order chi connectivity index (χ0) is 17.0. The van der Waals surface area contributed by atoms with E-state index in [9.17, 15) is 9.59 Å². The minimum absolute atomic E-state index is 0.0958. The number of amides is 1. The lowest BCUT2D eigenvalue weighted by atomic mass is 10.2. The molecule has 0 aliphatic carbocycles. The first-order valence-corrected chi connectivity index (χ1v) is 8.31. The lowest BCUT2D eigenvalue weighted by Crippen LogP contribution is -2.36. The van der Waals surface area contributed by atoms with E-state index in [1.165, 1.54) is 7.11 Å². The van der Waals surface area contributed by atoms with Crippen LogP contribution in [0.25, 0.3) is 0 Å². The molecular weight excluding hydrogens is 322 g/mol. The molecule has 23 heavy (non-hydrogen) atoms. The molecule has 1 fully saturated rings. The van der Waals surface area contributed by atoms with E-state index in [1.54, 1.807) is 4.90 Å². The third-order valence-corrected chi connectivity index (χ3v) is 3.92. The average Bonchev–Trinajstić information content (AvgIpc) is 3.11. The molecule has 0 unspecified atom stereocenters. The number of likely N-dealkylation sites (tertiary alicyclic amines) is 1. The summed E-state index contributed by atoms with van der Waals surface area (Å²) >= 11 is 1.10. The maximum absolute atomic E-state index is 12.3. The van der Waals surface area contributed by atoms with E-state index in [-0.39, 0.29) is 29.1 Å². The van der Waals surface area contributed by atoms with Gasteiger partial charge in [-0.2, -0.15) is 0 Å². The predicted octanol–water partition coefficient (Wildman–Crippen LogP) is 2.41. The zero-order valence-corrected chi connectivity index (χ0v) is 14.5. The van der Waals surface area contributed by atoms with Crippen molar-refractivity contribution in [2.45, 2.75) is 50.5 Å². The number of hydrogen-bond donors (Lipinski definition) is 0. The lowest BCUT2D eigenvalue weighted by molar-refractivity contribution is -0.137. The Balaban J connectivity index is 2.01. The van der Waals surface area contributed by atoms with Crippen LogP contribution in [0, 0.1) is 0 Å². The molecule has 0 N–H and O–H groups in total. The van der Waals surface area contributed by atoms with E-state index in [4.69, 9.17) is 9.15 Å². The summed E-state index contributed by atoms with van der Waals surface area (Å²) in [7, 11) is 1.32. The van der Waals surface area contributed by atoms with Gasteiger partial charge < -0.3 is 13.9 Å². The van der Waals surface area contributed by atoms with Gasteiger partial charge in [-0.3, -0.25) is 9.69 Å². The number of aromatic nitrogens is 2. The summed E-state index contributed by atoms with van der Waals surface area (Å²) < 4.78 is 15.5. The standard InChI is InChI=1S/C14H21N3O5S/c1-14(2,3)22-13(19)17-7-5-6-9(17)11-15-16-12(21-11)23-8-10(18)20-4/h9H,5-8H2,1-4H3/t9-/m0/s1. The molecule has 0 aromatic carbocycles. The van der Waals surface area contributed by atoms with Gasteiger partial charge in [0.15, 0.2) is 0 Å². The summed E-state index contributed by atoms with van der Waals surface area (Å²) in [6.07, 6.45) is 1.20. The smallest absolute Gasteiger partial charge is 0.410 e. The summed E-state index contributed by atoms with van der Waals surface area (Å²) in [5.74, 6) is 0.0881. The number of esters is 1. The van der Waals surface area contributed by atoms with Crippen LogP contribution in [0.3, 0.4) is 0 Å². The van der Waals surface area contributed by atoms with Crippen LogP contribution >= 0.6 is 11.8 Å². The monoisotopic (exact) mass is 343 g/mol. The van der Waals surface area contributed by atoms with Gasteiger partial charge in [-0.25, -0.2) is 4.79 Å². The van der Waals surface area contributed by atoms with E-state index < -0.39 is 5.60 Å². The van der Waals surface area contributed by atoms with Crippen molar-refractivity contribution in [3.8, 4) is 0 Å². The van der Waals surface area contributed by atoms with Gasteiger partial charge >= 0.3 is 12.1 Å². The normalized spacial score (nSPS) is 18.1. The Bertz CT molecular complexity index is 569. The second-order valence-corrected chi connectivity index (χ2v) is 7.03. The molecule has 128 valence electrons. The molecule has 2 heterocycles. The average molecular weight is 343 g/mol. The fourth-order valence-corrected chi connectivity index (χ4v) is 2.76. The maximum Gasteiger partial charge on any atom is 0.410 e. The summed E-state index contributed by atoms with van der Waals surface area (Å²) in [6.45, 7) is 6.06. The third kappa shape index (κ3) is 4.85. The Hall–Kier alpha value is -1.77. The molecule has 1 aliphatic heterocycles. The molecule has 1 aliphatic rings. The van der Waals surface area contributed by atoms with Crippen molar-refractivity contribution >= 4 is 23.8 Å². The van der Waals surface area contributed by atoms with E-state index in [1.807, 2.05) is 20.8 Å². The number of methoxy groups -OCH3 is 1. The number of rotatable bonds is 4. The first-order chi connectivity index (χ1) is 10.8. The Morgan fingerprint density at radius 3 is 2.78 bits per heavy atom. The van der Waals surface area contributed by atoms with Crippen LogP contribution in [-0.4, -0.2) is 52.2 Å². The van der Waals surface area contributed by atoms with Crippen molar-refractivity contribution in [1.29, 1.82) is 0 Å². The van der Waals surface area contributed by atoms with Crippen LogP contribution in [0.2, 0.25) is 0 Å². The van der Waals surface area contributed by atoms with E-state index in [2.05, 4.69) is 14.9 Å². The predicted molar refractivity (Wildman–Crippen MR) is 82.0 cm³/mol. The Labute approximate surface area is 138 Å². The fourth-order valence-electron chi connectivity index (χ4n) is 2.16. The largest absolute Gasteiger partial charge is 0.468 e. The molecule has 0 spiro atoms. The van der Waals surface area contributed by atoms with Crippen LogP contribution in [0.5, 0.6) is 0 Å². The van der Waals surface area contributed by atoms with E-state index in [0.717, 1.165) is 24.6 Å². The van der Waals surface area contributed by atoms with Gasteiger partial charge in [0.05, 0.1) is 7.11 Å². The first-order valence-electron chi connectivity index (χ1n) is 7.33. The Morgan fingerprint density at radius 1 is 1.39 bits per heavy atom. The van der Waals surface area contributed by atoms with Crippen molar-refractivity contribution in [2.24, 2.45) is 0 Å². The summed E-state index contributed by atoms with van der Waals surface area (Å²) in [4.78, 5) is 25.0. The van der Waals surface area contributed by atoms with Crippen molar-refractivity contribution in [3.63, 3.8) is 0 Å². The molecule has 9 heteroatoms. The van der Waals surface area contributed by atoms with Crippen LogP contribution in [0.15, 0.2) is 9.64 Å². The van der Waals surface area contributed by atoms with Crippen LogP contribution in [-0.2, 0) is 14.3 Å². The minimum atomic E-state index is -0.555. The Morgan fingerprint density at radius 2 is 2.13 bits per heavy atom. The van der Waals surface area contributed by atoms with Gasteiger partial charge in [0.2, 0.25) is 5.89 Å². The minimum Gasteiger partial charge on any atom is -0.468 e. The molecule has 0 radical (unpaired) electrons. The van der Waals surface area contributed by atoms with Gasteiger partial charge in [-0.1, -0.05) is 11.8 Å². The topological polar surface area (TPSA) is 94.8 Å². The van der Waals surface area contributed by atoms with Crippen molar-refractivity contribution in [3.05, 3.63) is 5.89 Å². The quantitative estimate of drug-likeness (QED) is 0.607. The number of nitrogens with zero attached hydrogens (tertiary/aromatic N) is 3. The highest BCUT2D eigenvalue weighted by Crippen LogP contribution is 2.33. The van der Waals surface area contributed by atoms with Crippen molar-refractivity contribution in [2.75, 3.05) is 19.4 Å². The lowest BCUT2D eigenvalue weighted by Gasteiger charge is -2.27. The van der Waals surface area contributed by atoms with Crippen molar-refractivity contribution in [1.82, 2.24) is 15.1 Å². The summed E-state index contributed by atoms with van der Waals surface area (Å²) in [5.41, 5.74) is -0.555. The molecule has 0 saturated carbocycles. The molecule has 2 rings (SSSR count). The Kier molecular flexibility index (Phi) is 5.51. The highest BCUT2D eigenvalue weighted by molar-refractivity contribution is 7.99. The van der Waals surface area contributed by atoms with Gasteiger partial charge in [0, 0.05) is 6.54 Å². The summed E-state index contributed by atoms with van der Waals surface area (Å²) in [5, 5.41) is 8.17. The number of ether oxygens (including phenoxy) is 2. The first kappa shape index (κ1) is 17.6. The van der Waals surface area contributed by atoms with Crippen LogP contribution in [0.1, 0.15) is 45.5 Å². The molecule has 0 bridgehead atoms. The third-order valence-electron chi connectivity index (χ3n) is 3.13. The SMILES string of the molecule is COC(=O)CSc1nnc([C@@H]2CCCN2C(=O)OC(C)(C)C)o1. The molecular formula is C14H21N3O5S. The summed E-state index contributed by atoms with van der Waals surface area (Å²) in [6, 6.07) is -0.287. The number of carbonyl (C=O) groups is 2. The highest BCUT2D eigenvalue weighted by atomic mass is 32.2. The number of thioether (sulfide) groups is 1. The molecule has 1 aromatic rings. The van der Waals surface area contributed by atoms with Crippen LogP contribution in [0.4, 0.5) is 4.79 Å². The molecule has 1 amide bonds. The van der Waals surface area contributed by atoms with Gasteiger partial charge in [-0.15, -0.1) is 10.2 Å². The molecule has 1 saturated heterocycles. The second-order valence-electron chi connectivity index (χ2n) is 6.10. The van der Waals surface area contributed by atoms with E-state index >= 15 is 0 Å². The van der Waals surface area contributed by atoms with E-state index in [0.29, 0.717) is 12.4 Å². The van der Waals surface area contributed by atoms with Gasteiger partial charge in [-0.05, 0) is 33.6 Å². The molecule has 1 atom stereocenters. The number of carbonyl (C=O) groups excluding carboxylic acids is 2. The zero-order valence-electron chi connectivity index (χ0n) is 13.7.